The van der Waals surface area contributed by atoms with Crippen molar-refractivity contribution >= 4 is 5.84 Å². The third kappa shape index (κ3) is 4.00. The number of nitrogens with two attached hydrogens (primary N) is 1. The molecule has 0 amide bonds. The molecule has 1 saturated carbocycles. The minimum absolute atomic E-state index is 0.318. The highest BCUT2D eigenvalue weighted by Crippen LogP contribution is 2.23. The SMILES string of the molecule is CC(C)N(CC(N)=NO)C1CCCCCC1. The van der Waals surface area contributed by atoms with E-state index in [-0.39, 0.29) is 0 Å². The van der Waals surface area contributed by atoms with Gasteiger partial charge in [-0.1, -0.05) is 30.8 Å². The van der Waals surface area contributed by atoms with Crippen LogP contribution in [0.1, 0.15) is 52.4 Å². The molecule has 1 rings (SSSR count). The predicted molar refractivity (Wildman–Crippen MR) is 66.7 cm³/mol. The van der Waals surface area contributed by atoms with Crippen LogP contribution in [0, 0.1) is 0 Å². The molecule has 0 aliphatic heterocycles. The molecule has 0 unspecified atom stereocenters. The van der Waals surface area contributed by atoms with Crippen LogP contribution in [0.25, 0.3) is 0 Å². The Labute approximate surface area is 98.5 Å². The van der Waals surface area contributed by atoms with Gasteiger partial charge in [0.15, 0.2) is 5.84 Å². The van der Waals surface area contributed by atoms with Gasteiger partial charge in [0, 0.05) is 12.1 Å². The number of amidine groups is 1. The van der Waals surface area contributed by atoms with E-state index in [0.29, 0.717) is 24.5 Å². The molecule has 94 valence electrons. The van der Waals surface area contributed by atoms with Gasteiger partial charge in [-0.05, 0) is 26.7 Å². The number of oxime groups is 1. The van der Waals surface area contributed by atoms with Crippen LogP contribution >= 0.6 is 0 Å². The first-order valence-corrected chi connectivity index (χ1v) is 6.37. The molecule has 1 fully saturated rings. The van der Waals surface area contributed by atoms with Gasteiger partial charge in [0.05, 0.1) is 6.54 Å². The van der Waals surface area contributed by atoms with Crippen molar-refractivity contribution < 1.29 is 5.21 Å². The van der Waals surface area contributed by atoms with Gasteiger partial charge in [-0.15, -0.1) is 0 Å². The molecule has 0 aromatic rings. The summed E-state index contributed by atoms with van der Waals surface area (Å²) in [5, 5.41) is 11.7. The summed E-state index contributed by atoms with van der Waals surface area (Å²) in [5.74, 6) is 0.318. The van der Waals surface area contributed by atoms with Crippen LogP contribution < -0.4 is 5.73 Å². The molecule has 0 radical (unpaired) electrons. The first-order valence-electron chi connectivity index (χ1n) is 6.37. The van der Waals surface area contributed by atoms with Crippen LogP contribution in [0.3, 0.4) is 0 Å². The topological polar surface area (TPSA) is 61.8 Å². The molecular formula is C12H25N3O. The number of rotatable bonds is 4. The molecule has 0 bridgehead atoms. The van der Waals surface area contributed by atoms with Crippen LogP contribution in [0.4, 0.5) is 0 Å². The Morgan fingerprint density at radius 1 is 1.31 bits per heavy atom. The number of nitrogens with zero attached hydrogens (tertiary/aromatic N) is 2. The van der Waals surface area contributed by atoms with Gasteiger partial charge in [0.2, 0.25) is 0 Å². The maximum atomic E-state index is 8.66. The fourth-order valence-corrected chi connectivity index (χ4v) is 2.54. The molecular weight excluding hydrogens is 202 g/mol. The molecule has 16 heavy (non-hydrogen) atoms. The minimum atomic E-state index is 0.318. The van der Waals surface area contributed by atoms with Crippen molar-refractivity contribution in [2.75, 3.05) is 6.54 Å². The van der Waals surface area contributed by atoms with Crippen molar-refractivity contribution in [2.24, 2.45) is 10.9 Å². The van der Waals surface area contributed by atoms with Crippen molar-refractivity contribution in [1.82, 2.24) is 4.90 Å². The first kappa shape index (κ1) is 13.3. The van der Waals surface area contributed by atoms with Gasteiger partial charge in [0.1, 0.15) is 0 Å². The fourth-order valence-electron chi connectivity index (χ4n) is 2.54. The summed E-state index contributed by atoms with van der Waals surface area (Å²) in [4.78, 5) is 2.36. The molecule has 0 aromatic carbocycles. The van der Waals surface area contributed by atoms with Gasteiger partial charge in [-0.25, -0.2) is 0 Å². The Morgan fingerprint density at radius 3 is 2.31 bits per heavy atom. The standard InChI is InChI=1S/C12H25N3O/c1-10(2)15(9-12(13)14-16)11-7-5-3-4-6-8-11/h10-11,16H,3-9H2,1-2H3,(H2,13,14). The highest BCUT2D eigenvalue weighted by molar-refractivity contribution is 5.81. The molecule has 0 atom stereocenters. The van der Waals surface area contributed by atoms with E-state index in [1.807, 2.05) is 0 Å². The van der Waals surface area contributed by atoms with E-state index in [0.717, 1.165) is 0 Å². The second-order valence-corrected chi connectivity index (χ2v) is 5.00. The van der Waals surface area contributed by atoms with E-state index >= 15 is 0 Å². The van der Waals surface area contributed by atoms with E-state index in [2.05, 4.69) is 23.9 Å². The second kappa shape index (κ2) is 6.74. The van der Waals surface area contributed by atoms with Crippen molar-refractivity contribution in [1.29, 1.82) is 0 Å². The summed E-state index contributed by atoms with van der Waals surface area (Å²) in [7, 11) is 0. The maximum Gasteiger partial charge on any atom is 0.153 e. The number of hydrogen-bond donors (Lipinski definition) is 2. The summed E-state index contributed by atoms with van der Waals surface area (Å²) in [5.41, 5.74) is 5.62. The first-order chi connectivity index (χ1) is 7.65. The molecule has 0 aromatic heterocycles. The molecule has 0 spiro atoms. The van der Waals surface area contributed by atoms with Crippen LogP contribution in [0.2, 0.25) is 0 Å². The fraction of sp³-hybridized carbons (Fsp3) is 0.917. The Hall–Kier alpha value is -0.770. The zero-order chi connectivity index (χ0) is 12.0. The average Bonchev–Trinajstić information content (AvgIpc) is 2.53. The Bertz CT molecular complexity index is 220. The maximum absolute atomic E-state index is 8.66. The van der Waals surface area contributed by atoms with E-state index in [1.54, 1.807) is 0 Å². The normalized spacial score (nSPS) is 20.4. The van der Waals surface area contributed by atoms with E-state index < -0.39 is 0 Å². The summed E-state index contributed by atoms with van der Waals surface area (Å²) < 4.78 is 0. The molecule has 1 aliphatic rings. The molecule has 3 N–H and O–H groups in total. The Kier molecular flexibility index (Phi) is 5.60. The summed E-state index contributed by atoms with van der Waals surface area (Å²) in [6, 6.07) is 1.05. The van der Waals surface area contributed by atoms with Crippen molar-refractivity contribution in [2.45, 2.75) is 64.5 Å². The Morgan fingerprint density at radius 2 is 1.88 bits per heavy atom. The van der Waals surface area contributed by atoms with E-state index in [4.69, 9.17) is 10.9 Å². The largest absolute Gasteiger partial charge is 0.409 e. The lowest BCUT2D eigenvalue weighted by atomic mass is 10.1. The van der Waals surface area contributed by atoms with Crippen LogP contribution in [-0.2, 0) is 0 Å². The van der Waals surface area contributed by atoms with Crippen molar-refractivity contribution in [3.05, 3.63) is 0 Å². The highest BCUT2D eigenvalue weighted by atomic mass is 16.4. The van der Waals surface area contributed by atoms with Gasteiger partial charge < -0.3 is 10.9 Å². The number of hydrogen-bond acceptors (Lipinski definition) is 3. The lowest BCUT2D eigenvalue weighted by molar-refractivity contribution is 0.160. The summed E-state index contributed by atoms with van der Waals surface area (Å²) in [6.45, 7) is 4.93. The monoisotopic (exact) mass is 227 g/mol. The minimum Gasteiger partial charge on any atom is -0.409 e. The van der Waals surface area contributed by atoms with Gasteiger partial charge in [-0.2, -0.15) is 0 Å². The van der Waals surface area contributed by atoms with Gasteiger partial charge in [0.25, 0.3) is 0 Å². The molecule has 0 heterocycles. The molecule has 0 saturated heterocycles. The predicted octanol–water partition coefficient (Wildman–Crippen LogP) is 2.17. The third-order valence-electron chi connectivity index (χ3n) is 3.43. The zero-order valence-electron chi connectivity index (χ0n) is 10.5. The highest BCUT2D eigenvalue weighted by Gasteiger charge is 2.23. The smallest absolute Gasteiger partial charge is 0.153 e. The second-order valence-electron chi connectivity index (χ2n) is 5.00. The third-order valence-corrected chi connectivity index (χ3v) is 3.43. The quantitative estimate of drug-likeness (QED) is 0.254. The van der Waals surface area contributed by atoms with Crippen LogP contribution in [0.5, 0.6) is 0 Å². The lowest BCUT2D eigenvalue weighted by Gasteiger charge is -2.34. The van der Waals surface area contributed by atoms with Gasteiger partial charge >= 0.3 is 0 Å². The summed E-state index contributed by atoms with van der Waals surface area (Å²) in [6.07, 6.45) is 7.82. The summed E-state index contributed by atoms with van der Waals surface area (Å²) >= 11 is 0. The average molecular weight is 227 g/mol. The molecule has 4 nitrogen and oxygen atoms in total. The van der Waals surface area contributed by atoms with Gasteiger partial charge in [-0.3, -0.25) is 4.90 Å². The zero-order valence-corrected chi connectivity index (χ0v) is 10.5. The van der Waals surface area contributed by atoms with E-state index in [9.17, 15) is 0 Å². The van der Waals surface area contributed by atoms with Crippen LogP contribution in [0.15, 0.2) is 5.16 Å². The van der Waals surface area contributed by atoms with Crippen LogP contribution in [-0.4, -0.2) is 34.6 Å². The molecule has 1 aliphatic carbocycles. The van der Waals surface area contributed by atoms with Crippen molar-refractivity contribution in [3.63, 3.8) is 0 Å². The lowest BCUT2D eigenvalue weighted by Crippen LogP contribution is -2.45. The van der Waals surface area contributed by atoms with E-state index in [1.165, 1.54) is 38.5 Å². The van der Waals surface area contributed by atoms with Crippen molar-refractivity contribution in [3.8, 4) is 0 Å². The molecule has 4 heteroatoms. The Balaban J connectivity index is 2.60.